The van der Waals surface area contributed by atoms with Crippen LogP contribution in [0.25, 0.3) is 0 Å². The van der Waals surface area contributed by atoms with Gasteiger partial charge in [-0.05, 0) is 36.2 Å². The number of benzene rings is 2. The van der Waals surface area contributed by atoms with Crippen LogP contribution in [-0.4, -0.2) is 25.0 Å². The molecule has 2 aromatic carbocycles. The van der Waals surface area contributed by atoms with Crippen LogP contribution in [0.2, 0.25) is 0 Å². The summed E-state index contributed by atoms with van der Waals surface area (Å²) in [7, 11) is 0. The van der Waals surface area contributed by atoms with Crippen LogP contribution in [0.3, 0.4) is 0 Å². The summed E-state index contributed by atoms with van der Waals surface area (Å²) in [6.07, 6.45) is 2.10. The molecule has 0 radical (unpaired) electrons. The van der Waals surface area contributed by atoms with Crippen LogP contribution in [0.4, 0.5) is 0 Å². The van der Waals surface area contributed by atoms with E-state index in [1.54, 1.807) is 24.3 Å². The maximum atomic E-state index is 11.9. The van der Waals surface area contributed by atoms with Crippen molar-refractivity contribution in [2.45, 2.75) is 26.3 Å². The Bertz CT molecular complexity index is 686. The van der Waals surface area contributed by atoms with E-state index in [9.17, 15) is 9.59 Å². The summed E-state index contributed by atoms with van der Waals surface area (Å²) in [6.45, 7) is 3.15. The smallest absolute Gasteiger partial charge is 0.251 e. The van der Waals surface area contributed by atoms with Crippen molar-refractivity contribution in [3.63, 3.8) is 0 Å². The van der Waals surface area contributed by atoms with Crippen LogP contribution in [-0.2, 0) is 11.3 Å². The first-order valence-corrected chi connectivity index (χ1v) is 8.50. The number of amides is 2. The Morgan fingerprint density at radius 3 is 2.56 bits per heavy atom. The highest BCUT2D eigenvalue weighted by Gasteiger charge is 2.07. The van der Waals surface area contributed by atoms with Crippen molar-refractivity contribution in [1.82, 2.24) is 10.6 Å². The molecule has 2 amide bonds. The number of hydrogen-bond donors (Lipinski definition) is 2. The minimum atomic E-state index is -0.262. The number of carbonyl (C=O) groups is 2. The summed E-state index contributed by atoms with van der Waals surface area (Å²) < 4.78 is 5.65. The number of nitrogens with one attached hydrogen (secondary N) is 2. The predicted molar refractivity (Wildman–Crippen MR) is 97.5 cm³/mol. The standard InChI is InChI=1S/C20H24N2O3/c1-2-3-12-25-18-11-7-8-16(13-18)14-21-19(23)15-22-20(24)17-9-5-4-6-10-17/h4-11,13H,2-3,12,14-15H2,1H3,(H,21,23)(H,22,24). The van der Waals surface area contributed by atoms with Crippen LogP contribution in [0.1, 0.15) is 35.7 Å². The number of carbonyl (C=O) groups excluding carboxylic acids is 2. The second-order valence-electron chi connectivity index (χ2n) is 5.67. The van der Waals surface area contributed by atoms with Crippen molar-refractivity contribution in [1.29, 1.82) is 0 Å². The zero-order chi connectivity index (χ0) is 17.9. The second kappa shape index (κ2) is 10.1. The van der Waals surface area contributed by atoms with Crippen LogP contribution in [0.15, 0.2) is 54.6 Å². The Kier molecular flexibility index (Phi) is 7.50. The van der Waals surface area contributed by atoms with Crippen molar-refractivity contribution in [2.24, 2.45) is 0 Å². The van der Waals surface area contributed by atoms with E-state index in [1.807, 2.05) is 30.3 Å². The molecular formula is C20H24N2O3. The Labute approximate surface area is 148 Å². The minimum Gasteiger partial charge on any atom is -0.494 e. The van der Waals surface area contributed by atoms with E-state index in [0.717, 1.165) is 24.2 Å². The van der Waals surface area contributed by atoms with E-state index in [4.69, 9.17) is 4.74 Å². The van der Waals surface area contributed by atoms with Crippen molar-refractivity contribution in [3.05, 3.63) is 65.7 Å². The van der Waals surface area contributed by atoms with Gasteiger partial charge in [0, 0.05) is 12.1 Å². The summed E-state index contributed by atoms with van der Waals surface area (Å²) in [6, 6.07) is 16.5. The van der Waals surface area contributed by atoms with E-state index in [0.29, 0.717) is 18.7 Å². The van der Waals surface area contributed by atoms with E-state index in [-0.39, 0.29) is 18.4 Å². The van der Waals surface area contributed by atoms with Gasteiger partial charge in [0.2, 0.25) is 5.91 Å². The number of rotatable bonds is 9. The van der Waals surface area contributed by atoms with Crippen molar-refractivity contribution < 1.29 is 14.3 Å². The molecule has 0 fully saturated rings. The van der Waals surface area contributed by atoms with Gasteiger partial charge in [-0.2, -0.15) is 0 Å². The molecule has 5 heteroatoms. The van der Waals surface area contributed by atoms with Crippen LogP contribution >= 0.6 is 0 Å². The molecule has 0 aliphatic rings. The van der Waals surface area contributed by atoms with Gasteiger partial charge in [0.25, 0.3) is 5.91 Å². The monoisotopic (exact) mass is 340 g/mol. The van der Waals surface area contributed by atoms with Gasteiger partial charge < -0.3 is 15.4 Å². The fraction of sp³-hybridized carbons (Fsp3) is 0.300. The lowest BCUT2D eigenvalue weighted by Gasteiger charge is -2.09. The predicted octanol–water partition coefficient (Wildman–Crippen LogP) is 2.91. The van der Waals surface area contributed by atoms with Gasteiger partial charge in [0.15, 0.2) is 0 Å². The lowest BCUT2D eigenvalue weighted by Crippen LogP contribution is -2.36. The molecule has 2 rings (SSSR count). The Morgan fingerprint density at radius 2 is 1.80 bits per heavy atom. The fourth-order valence-electron chi connectivity index (χ4n) is 2.19. The van der Waals surface area contributed by atoms with Gasteiger partial charge in [0.1, 0.15) is 5.75 Å². The Balaban J connectivity index is 1.74. The van der Waals surface area contributed by atoms with Gasteiger partial charge >= 0.3 is 0 Å². The van der Waals surface area contributed by atoms with Crippen molar-refractivity contribution in [2.75, 3.05) is 13.2 Å². The fourth-order valence-corrected chi connectivity index (χ4v) is 2.19. The lowest BCUT2D eigenvalue weighted by atomic mass is 10.2. The van der Waals surface area contributed by atoms with Crippen LogP contribution in [0.5, 0.6) is 5.75 Å². The zero-order valence-electron chi connectivity index (χ0n) is 14.5. The summed E-state index contributed by atoms with van der Waals surface area (Å²) in [5, 5.41) is 5.40. The summed E-state index contributed by atoms with van der Waals surface area (Å²) in [5.41, 5.74) is 1.49. The van der Waals surface area contributed by atoms with E-state index >= 15 is 0 Å². The van der Waals surface area contributed by atoms with E-state index in [2.05, 4.69) is 17.6 Å². The lowest BCUT2D eigenvalue weighted by molar-refractivity contribution is -0.120. The van der Waals surface area contributed by atoms with Gasteiger partial charge in [0.05, 0.1) is 13.2 Å². The maximum Gasteiger partial charge on any atom is 0.251 e. The van der Waals surface area contributed by atoms with Crippen molar-refractivity contribution >= 4 is 11.8 Å². The zero-order valence-corrected chi connectivity index (χ0v) is 14.5. The maximum absolute atomic E-state index is 11.9. The van der Waals surface area contributed by atoms with Gasteiger partial charge in [-0.15, -0.1) is 0 Å². The summed E-state index contributed by atoms with van der Waals surface area (Å²) in [5.74, 6) is 0.307. The molecule has 0 spiro atoms. The molecule has 0 bridgehead atoms. The molecule has 0 atom stereocenters. The third-order valence-electron chi connectivity index (χ3n) is 3.60. The SMILES string of the molecule is CCCCOc1cccc(CNC(=O)CNC(=O)c2ccccc2)c1. The first-order chi connectivity index (χ1) is 12.2. The normalized spacial score (nSPS) is 10.1. The van der Waals surface area contributed by atoms with Gasteiger partial charge in [-0.3, -0.25) is 9.59 Å². The largest absolute Gasteiger partial charge is 0.494 e. The molecule has 5 nitrogen and oxygen atoms in total. The molecule has 25 heavy (non-hydrogen) atoms. The highest BCUT2D eigenvalue weighted by atomic mass is 16.5. The van der Waals surface area contributed by atoms with Crippen molar-refractivity contribution in [3.8, 4) is 5.75 Å². The highest BCUT2D eigenvalue weighted by molar-refractivity contribution is 5.96. The molecule has 2 aromatic rings. The third-order valence-corrected chi connectivity index (χ3v) is 3.60. The van der Waals surface area contributed by atoms with Crippen LogP contribution in [0, 0.1) is 0 Å². The molecule has 0 aliphatic carbocycles. The van der Waals surface area contributed by atoms with E-state index < -0.39 is 0 Å². The number of hydrogen-bond acceptors (Lipinski definition) is 3. The molecule has 0 saturated heterocycles. The third kappa shape index (κ3) is 6.67. The topological polar surface area (TPSA) is 67.4 Å². The molecule has 132 valence electrons. The average molecular weight is 340 g/mol. The first kappa shape index (κ1) is 18.5. The first-order valence-electron chi connectivity index (χ1n) is 8.50. The molecular weight excluding hydrogens is 316 g/mol. The van der Waals surface area contributed by atoms with Crippen LogP contribution < -0.4 is 15.4 Å². The minimum absolute atomic E-state index is 0.0551. The molecule has 0 aliphatic heterocycles. The molecule has 0 saturated carbocycles. The number of ether oxygens (including phenoxy) is 1. The molecule has 2 N–H and O–H groups in total. The Hall–Kier alpha value is -2.82. The molecule has 0 aromatic heterocycles. The number of unbranched alkanes of at least 4 members (excludes halogenated alkanes) is 1. The summed E-state index contributed by atoms with van der Waals surface area (Å²) >= 11 is 0. The van der Waals surface area contributed by atoms with Gasteiger partial charge in [-0.25, -0.2) is 0 Å². The quantitative estimate of drug-likeness (QED) is 0.690. The summed E-state index contributed by atoms with van der Waals surface area (Å²) in [4.78, 5) is 23.8. The highest BCUT2D eigenvalue weighted by Crippen LogP contribution is 2.13. The van der Waals surface area contributed by atoms with E-state index in [1.165, 1.54) is 0 Å². The molecule has 0 heterocycles. The second-order valence-corrected chi connectivity index (χ2v) is 5.67. The Morgan fingerprint density at radius 1 is 1.00 bits per heavy atom. The average Bonchev–Trinajstić information content (AvgIpc) is 2.66. The molecule has 0 unspecified atom stereocenters. The van der Waals surface area contributed by atoms with Gasteiger partial charge in [-0.1, -0.05) is 43.7 Å².